The highest BCUT2D eigenvalue weighted by Gasteiger charge is 2.11. The lowest BCUT2D eigenvalue weighted by atomic mass is 10.1. The molecular formula is C11H17FN2O. The van der Waals surface area contributed by atoms with E-state index in [9.17, 15) is 4.39 Å². The lowest BCUT2D eigenvalue weighted by Crippen LogP contribution is -2.31. The zero-order valence-electron chi connectivity index (χ0n) is 9.07. The van der Waals surface area contributed by atoms with Gasteiger partial charge in [0.05, 0.1) is 12.3 Å². The second kappa shape index (κ2) is 5.09. The largest absolute Gasteiger partial charge is 0.396 e. The van der Waals surface area contributed by atoms with Crippen LogP contribution < -0.4 is 5.73 Å². The minimum Gasteiger partial charge on any atom is -0.396 e. The van der Waals surface area contributed by atoms with Crippen LogP contribution in [0.4, 0.5) is 10.1 Å². The van der Waals surface area contributed by atoms with Crippen LogP contribution in [-0.4, -0.2) is 29.7 Å². The van der Waals surface area contributed by atoms with Gasteiger partial charge >= 0.3 is 0 Å². The molecule has 0 bridgehead atoms. The molecule has 3 N–H and O–H groups in total. The van der Waals surface area contributed by atoms with Gasteiger partial charge in [0.15, 0.2) is 5.82 Å². The molecule has 0 aromatic heterocycles. The highest BCUT2D eigenvalue weighted by Crippen LogP contribution is 2.16. The molecule has 3 nitrogen and oxygen atoms in total. The second-order valence-corrected chi connectivity index (χ2v) is 3.77. The van der Waals surface area contributed by atoms with Crippen molar-refractivity contribution in [1.29, 1.82) is 0 Å². The fourth-order valence-corrected chi connectivity index (χ4v) is 1.29. The number of rotatable bonds is 4. The van der Waals surface area contributed by atoms with Gasteiger partial charge in [-0.05, 0) is 20.0 Å². The molecule has 0 saturated heterocycles. The maximum atomic E-state index is 13.5. The van der Waals surface area contributed by atoms with E-state index < -0.39 is 0 Å². The Balaban J connectivity index is 2.76. The summed E-state index contributed by atoms with van der Waals surface area (Å²) in [5.74, 6) is -0.366. The number of hydrogen-bond donors (Lipinski definition) is 2. The van der Waals surface area contributed by atoms with E-state index in [1.54, 1.807) is 12.1 Å². The standard InChI is InChI=1S/C11H17FN2O/c1-8(7-15)14(2)6-9-4-3-5-10(13)11(9)12/h3-5,8,15H,6-7,13H2,1-2H3. The van der Waals surface area contributed by atoms with Crippen LogP contribution >= 0.6 is 0 Å². The molecule has 1 rings (SSSR count). The molecule has 0 amide bonds. The highest BCUT2D eigenvalue weighted by atomic mass is 19.1. The molecule has 1 unspecified atom stereocenters. The van der Waals surface area contributed by atoms with E-state index >= 15 is 0 Å². The summed E-state index contributed by atoms with van der Waals surface area (Å²) in [6.45, 7) is 2.38. The number of benzene rings is 1. The quantitative estimate of drug-likeness (QED) is 0.738. The number of hydrogen-bond acceptors (Lipinski definition) is 3. The maximum absolute atomic E-state index is 13.5. The predicted octanol–water partition coefficient (Wildman–Crippen LogP) is 1.22. The SMILES string of the molecule is CC(CO)N(C)Cc1cccc(N)c1F. The number of nitrogen functional groups attached to an aromatic ring is 1. The Labute approximate surface area is 89.3 Å². The van der Waals surface area contributed by atoms with Crippen molar-refractivity contribution in [3.63, 3.8) is 0 Å². The fraction of sp³-hybridized carbons (Fsp3) is 0.455. The average Bonchev–Trinajstić information content (AvgIpc) is 2.23. The number of halogens is 1. The molecule has 0 spiro atoms. The molecule has 0 aliphatic rings. The van der Waals surface area contributed by atoms with Gasteiger partial charge < -0.3 is 10.8 Å². The summed E-state index contributed by atoms with van der Waals surface area (Å²) in [4.78, 5) is 1.87. The van der Waals surface area contributed by atoms with Crippen molar-refractivity contribution >= 4 is 5.69 Å². The number of nitrogens with zero attached hydrogens (tertiary/aromatic N) is 1. The van der Waals surface area contributed by atoms with E-state index in [-0.39, 0.29) is 24.2 Å². The molecule has 0 aliphatic heterocycles. The van der Waals surface area contributed by atoms with E-state index in [4.69, 9.17) is 10.8 Å². The van der Waals surface area contributed by atoms with Crippen LogP contribution in [0.5, 0.6) is 0 Å². The summed E-state index contributed by atoms with van der Waals surface area (Å²) in [5, 5.41) is 8.95. The third kappa shape index (κ3) is 2.91. The van der Waals surface area contributed by atoms with E-state index in [0.29, 0.717) is 12.1 Å². The summed E-state index contributed by atoms with van der Waals surface area (Å²) in [5.41, 5.74) is 6.18. The van der Waals surface area contributed by atoms with Gasteiger partial charge in [-0.15, -0.1) is 0 Å². The highest BCUT2D eigenvalue weighted by molar-refractivity contribution is 5.42. The molecule has 0 fully saturated rings. The number of nitrogens with two attached hydrogens (primary N) is 1. The van der Waals surface area contributed by atoms with Crippen molar-refractivity contribution in [3.05, 3.63) is 29.6 Å². The molecule has 0 aliphatic carbocycles. The van der Waals surface area contributed by atoms with Gasteiger partial charge in [-0.1, -0.05) is 12.1 Å². The topological polar surface area (TPSA) is 49.5 Å². The zero-order chi connectivity index (χ0) is 11.4. The molecule has 1 aromatic carbocycles. The van der Waals surface area contributed by atoms with Crippen molar-refractivity contribution in [1.82, 2.24) is 4.90 Å². The third-order valence-corrected chi connectivity index (χ3v) is 2.54. The average molecular weight is 212 g/mol. The lowest BCUT2D eigenvalue weighted by molar-refractivity contribution is 0.153. The van der Waals surface area contributed by atoms with E-state index in [0.717, 1.165) is 0 Å². The number of aliphatic hydroxyl groups excluding tert-OH is 1. The minimum atomic E-state index is -0.366. The summed E-state index contributed by atoms with van der Waals surface area (Å²) >= 11 is 0. The van der Waals surface area contributed by atoms with Crippen LogP contribution in [0.1, 0.15) is 12.5 Å². The Morgan fingerprint density at radius 1 is 1.53 bits per heavy atom. The van der Waals surface area contributed by atoms with Crippen LogP contribution in [0.25, 0.3) is 0 Å². The van der Waals surface area contributed by atoms with Crippen molar-refractivity contribution in [3.8, 4) is 0 Å². The van der Waals surface area contributed by atoms with E-state index in [2.05, 4.69) is 0 Å². The minimum absolute atomic E-state index is 0.00540. The first-order chi connectivity index (χ1) is 7.06. The monoisotopic (exact) mass is 212 g/mol. The summed E-state index contributed by atoms with van der Waals surface area (Å²) in [6, 6.07) is 4.97. The van der Waals surface area contributed by atoms with Gasteiger partial charge in [-0.3, -0.25) is 4.90 Å². The first-order valence-electron chi connectivity index (χ1n) is 4.90. The first-order valence-corrected chi connectivity index (χ1v) is 4.90. The molecule has 4 heteroatoms. The van der Waals surface area contributed by atoms with E-state index in [1.165, 1.54) is 6.07 Å². The summed E-state index contributed by atoms with van der Waals surface area (Å²) < 4.78 is 13.5. The molecule has 0 radical (unpaired) electrons. The van der Waals surface area contributed by atoms with Crippen molar-refractivity contribution < 1.29 is 9.50 Å². The summed E-state index contributed by atoms with van der Waals surface area (Å²) in [7, 11) is 1.84. The Kier molecular flexibility index (Phi) is 4.05. The molecule has 0 saturated carbocycles. The smallest absolute Gasteiger partial charge is 0.150 e. The van der Waals surface area contributed by atoms with Crippen molar-refractivity contribution in [2.24, 2.45) is 0 Å². The Morgan fingerprint density at radius 3 is 2.80 bits per heavy atom. The van der Waals surface area contributed by atoms with Crippen LogP contribution in [0, 0.1) is 5.82 Å². The molecule has 1 aromatic rings. The van der Waals surface area contributed by atoms with Crippen LogP contribution in [0.2, 0.25) is 0 Å². The van der Waals surface area contributed by atoms with Gasteiger partial charge in [0.2, 0.25) is 0 Å². The van der Waals surface area contributed by atoms with Gasteiger partial charge in [0, 0.05) is 18.2 Å². The van der Waals surface area contributed by atoms with Gasteiger partial charge in [0.25, 0.3) is 0 Å². The maximum Gasteiger partial charge on any atom is 0.150 e. The van der Waals surface area contributed by atoms with E-state index in [1.807, 2.05) is 18.9 Å². The zero-order valence-corrected chi connectivity index (χ0v) is 9.07. The molecule has 0 heterocycles. The third-order valence-electron chi connectivity index (χ3n) is 2.54. The Morgan fingerprint density at radius 2 is 2.20 bits per heavy atom. The van der Waals surface area contributed by atoms with Crippen molar-refractivity contribution in [2.45, 2.75) is 19.5 Å². The van der Waals surface area contributed by atoms with Gasteiger partial charge in [0.1, 0.15) is 0 Å². The first kappa shape index (κ1) is 11.9. The fourth-order valence-electron chi connectivity index (χ4n) is 1.29. The Hall–Kier alpha value is -1.13. The molecular weight excluding hydrogens is 195 g/mol. The van der Waals surface area contributed by atoms with Crippen LogP contribution in [0.15, 0.2) is 18.2 Å². The number of aliphatic hydroxyl groups is 1. The Bertz CT molecular complexity index is 330. The summed E-state index contributed by atoms with van der Waals surface area (Å²) in [6.07, 6.45) is 0. The normalized spacial score (nSPS) is 13.1. The molecule has 1 atom stereocenters. The number of likely N-dealkylation sites (N-methyl/N-ethyl adjacent to an activating group) is 1. The van der Waals surface area contributed by atoms with Gasteiger partial charge in [-0.2, -0.15) is 0 Å². The lowest BCUT2D eigenvalue weighted by Gasteiger charge is -2.23. The second-order valence-electron chi connectivity index (χ2n) is 3.77. The molecule has 84 valence electrons. The van der Waals surface area contributed by atoms with Gasteiger partial charge in [-0.25, -0.2) is 4.39 Å². The number of anilines is 1. The van der Waals surface area contributed by atoms with Crippen LogP contribution in [0.3, 0.4) is 0 Å². The van der Waals surface area contributed by atoms with Crippen molar-refractivity contribution in [2.75, 3.05) is 19.4 Å². The molecule has 15 heavy (non-hydrogen) atoms. The predicted molar refractivity (Wildman–Crippen MR) is 58.8 cm³/mol. The van der Waals surface area contributed by atoms with Crippen LogP contribution in [-0.2, 0) is 6.54 Å².